The molecular weight excluding hydrogens is 311 g/mol. The van der Waals surface area contributed by atoms with E-state index in [1.807, 2.05) is 4.90 Å². The second-order valence-corrected chi connectivity index (χ2v) is 6.55. The van der Waals surface area contributed by atoms with Gasteiger partial charge in [0.2, 0.25) is 5.91 Å². The fraction of sp³-hybridized carbons (Fsp3) is 0.556. The molecule has 5 nitrogen and oxygen atoms in total. The highest BCUT2D eigenvalue weighted by atomic mass is 19.1. The number of morpholine rings is 1. The van der Waals surface area contributed by atoms with E-state index >= 15 is 0 Å². The maximum atomic E-state index is 13.8. The van der Waals surface area contributed by atoms with Crippen molar-refractivity contribution in [3.8, 4) is 5.88 Å². The summed E-state index contributed by atoms with van der Waals surface area (Å²) in [5.74, 6) is -0.329. The van der Waals surface area contributed by atoms with Crippen LogP contribution in [0.25, 0.3) is 0 Å². The van der Waals surface area contributed by atoms with Crippen LogP contribution in [0, 0.1) is 5.82 Å². The van der Waals surface area contributed by atoms with Crippen molar-refractivity contribution < 1.29 is 18.7 Å². The number of ether oxygens (including phenoxy) is 2. The Morgan fingerprint density at radius 3 is 3.12 bits per heavy atom. The van der Waals surface area contributed by atoms with Gasteiger partial charge in [0.05, 0.1) is 12.6 Å². The van der Waals surface area contributed by atoms with Gasteiger partial charge in [-0.15, -0.1) is 0 Å². The number of nitrogens with zero attached hydrogens (tertiary/aromatic N) is 2. The van der Waals surface area contributed by atoms with Crippen molar-refractivity contribution in [3.05, 3.63) is 35.8 Å². The Bertz CT molecular complexity index is 663. The predicted molar refractivity (Wildman–Crippen MR) is 85.0 cm³/mol. The van der Waals surface area contributed by atoms with Gasteiger partial charge in [0.25, 0.3) is 5.88 Å². The maximum absolute atomic E-state index is 13.8. The number of rotatable bonds is 3. The third-order valence-electron chi connectivity index (χ3n) is 5.10. The summed E-state index contributed by atoms with van der Waals surface area (Å²) < 4.78 is 25.4. The predicted octanol–water partition coefficient (Wildman–Crippen LogP) is 2.47. The molecule has 0 N–H and O–H groups in total. The lowest BCUT2D eigenvalue weighted by molar-refractivity contribution is -0.143. The van der Waals surface area contributed by atoms with Crippen molar-refractivity contribution in [1.82, 2.24) is 9.88 Å². The van der Waals surface area contributed by atoms with Crippen LogP contribution in [0.5, 0.6) is 5.88 Å². The van der Waals surface area contributed by atoms with Crippen molar-refractivity contribution in [2.75, 3.05) is 13.2 Å². The Kier molecular flexibility index (Phi) is 4.22. The molecule has 1 aliphatic heterocycles. The number of aromatic nitrogens is 1. The lowest BCUT2D eigenvalue weighted by Gasteiger charge is -2.39. The lowest BCUT2D eigenvalue weighted by Crippen LogP contribution is -2.54. The zero-order valence-corrected chi connectivity index (χ0v) is 13.5. The molecular formula is C18H21FN2O3. The average Bonchev–Trinajstić information content (AvgIpc) is 3.26. The molecule has 2 fully saturated rings. The number of carbonyl (C=O) groups excluding carboxylic acids is 1. The SMILES string of the molecule is O=C(C1=CCCC1)N1CCO[C@@H]2[C@@H](Oc3ncccc3F)CC[C@H]21. The molecule has 1 aromatic heterocycles. The van der Waals surface area contributed by atoms with Gasteiger partial charge in [-0.2, -0.15) is 0 Å². The van der Waals surface area contributed by atoms with Crippen LogP contribution in [0.3, 0.4) is 0 Å². The second-order valence-electron chi connectivity index (χ2n) is 6.55. The summed E-state index contributed by atoms with van der Waals surface area (Å²) in [6.45, 7) is 1.10. The first kappa shape index (κ1) is 15.6. The molecule has 3 atom stereocenters. The molecule has 0 spiro atoms. The van der Waals surface area contributed by atoms with Crippen LogP contribution in [0.15, 0.2) is 30.0 Å². The minimum absolute atomic E-state index is 0.00419. The highest BCUT2D eigenvalue weighted by Crippen LogP contribution is 2.34. The first-order valence-electron chi connectivity index (χ1n) is 8.63. The zero-order valence-electron chi connectivity index (χ0n) is 13.5. The maximum Gasteiger partial charge on any atom is 0.250 e. The Morgan fingerprint density at radius 1 is 1.42 bits per heavy atom. The van der Waals surface area contributed by atoms with Crippen LogP contribution in [0.1, 0.15) is 32.1 Å². The van der Waals surface area contributed by atoms with Gasteiger partial charge >= 0.3 is 0 Å². The van der Waals surface area contributed by atoms with Crippen LogP contribution < -0.4 is 4.74 Å². The van der Waals surface area contributed by atoms with Crippen molar-refractivity contribution in [1.29, 1.82) is 0 Å². The summed E-state index contributed by atoms with van der Waals surface area (Å²) in [7, 11) is 0. The van der Waals surface area contributed by atoms with Crippen molar-refractivity contribution >= 4 is 5.91 Å². The molecule has 3 aliphatic rings. The highest BCUT2D eigenvalue weighted by molar-refractivity contribution is 5.94. The molecule has 6 heteroatoms. The fourth-order valence-electron chi connectivity index (χ4n) is 3.94. The molecule has 24 heavy (non-hydrogen) atoms. The van der Waals surface area contributed by atoms with E-state index in [0.717, 1.165) is 37.7 Å². The summed E-state index contributed by atoms with van der Waals surface area (Å²) in [5, 5.41) is 0. The molecule has 2 aliphatic carbocycles. The van der Waals surface area contributed by atoms with Gasteiger partial charge in [-0.3, -0.25) is 4.79 Å². The van der Waals surface area contributed by atoms with Crippen LogP contribution in [-0.4, -0.2) is 47.2 Å². The standard InChI is InChI=1S/C18H21FN2O3/c19-13-6-3-9-20-17(13)24-15-8-7-14-16(15)23-11-10-21(14)18(22)12-4-1-2-5-12/h3-4,6,9,14-16H,1-2,5,7-8,10-11H2/t14-,15+,16+/m1/s1. The summed E-state index contributed by atoms with van der Waals surface area (Å²) in [4.78, 5) is 18.6. The molecule has 2 heterocycles. The average molecular weight is 332 g/mol. The van der Waals surface area contributed by atoms with Gasteiger partial charge in [0.15, 0.2) is 5.82 Å². The molecule has 0 bridgehead atoms. The molecule has 1 aromatic rings. The van der Waals surface area contributed by atoms with E-state index in [-0.39, 0.29) is 30.0 Å². The minimum atomic E-state index is -0.471. The van der Waals surface area contributed by atoms with Gasteiger partial charge in [-0.1, -0.05) is 6.08 Å². The van der Waals surface area contributed by atoms with E-state index in [9.17, 15) is 9.18 Å². The number of allylic oxidation sites excluding steroid dienone is 1. The first-order chi connectivity index (χ1) is 11.7. The van der Waals surface area contributed by atoms with E-state index in [1.54, 1.807) is 0 Å². The number of carbonyl (C=O) groups is 1. The lowest BCUT2D eigenvalue weighted by atomic mass is 10.1. The van der Waals surface area contributed by atoms with Gasteiger partial charge in [-0.25, -0.2) is 9.37 Å². The van der Waals surface area contributed by atoms with Crippen molar-refractivity contribution in [2.24, 2.45) is 0 Å². The number of halogens is 1. The first-order valence-corrected chi connectivity index (χ1v) is 8.63. The fourth-order valence-corrected chi connectivity index (χ4v) is 3.94. The Labute approximate surface area is 140 Å². The summed E-state index contributed by atoms with van der Waals surface area (Å²) in [6, 6.07) is 2.87. The Balaban J connectivity index is 1.48. The van der Waals surface area contributed by atoms with E-state index in [0.29, 0.717) is 13.2 Å². The summed E-state index contributed by atoms with van der Waals surface area (Å²) in [6.07, 6.45) is 7.53. The molecule has 128 valence electrons. The molecule has 0 radical (unpaired) electrons. The van der Waals surface area contributed by atoms with E-state index in [4.69, 9.17) is 9.47 Å². The smallest absolute Gasteiger partial charge is 0.250 e. The number of hydrogen-bond acceptors (Lipinski definition) is 4. The van der Waals surface area contributed by atoms with Gasteiger partial charge in [-0.05, 0) is 44.2 Å². The van der Waals surface area contributed by atoms with Crippen LogP contribution >= 0.6 is 0 Å². The largest absolute Gasteiger partial charge is 0.469 e. The number of pyridine rings is 1. The Hall–Kier alpha value is -1.95. The van der Waals surface area contributed by atoms with Crippen LogP contribution in [0.2, 0.25) is 0 Å². The monoisotopic (exact) mass is 332 g/mol. The number of fused-ring (bicyclic) bond motifs is 1. The van der Waals surface area contributed by atoms with Crippen molar-refractivity contribution in [3.63, 3.8) is 0 Å². The van der Waals surface area contributed by atoms with E-state index in [1.165, 1.54) is 18.3 Å². The topological polar surface area (TPSA) is 51.7 Å². The van der Waals surface area contributed by atoms with Crippen molar-refractivity contribution in [2.45, 2.75) is 50.4 Å². The van der Waals surface area contributed by atoms with E-state index < -0.39 is 5.82 Å². The molecule has 1 saturated heterocycles. The quantitative estimate of drug-likeness (QED) is 0.853. The molecule has 0 unspecified atom stereocenters. The number of hydrogen-bond donors (Lipinski definition) is 0. The molecule has 4 rings (SSSR count). The highest BCUT2D eigenvalue weighted by Gasteiger charge is 2.46. The minimum Gasteiger partial charge on any atom is -0.469 e. The molecule has 1 saturated carbocycles. The van der Waals surface area contributed by atoms with Gasteiger partial charge < -0.3 is 14.4 Å². The van der Waals surface area contributed by atoms with E-state index in [2.05, 4.69) is 11.1 Å². The van der Waals surface area contributed by atoms with Gasteiger partial charge in [0, 0.05) is 18.3 Å². The van der Waals surface area contributed by atoms with Gasteiger partial charge in [0.1, 0.15) is 12.2 Å². The summed E-state index contributed by atoms with van der Waals surface area (Å²) >= 11 is 0. The third-order valence-corrected chi connectivity index (χ3v) is 5.10. The second kappa shape index (κ2) is 6.51. The van der Waals surface area contributed by atoms with Crippen LogP contribution in [0.4, 0.5) is 4.39 Å². The zero-order chi connectivity index (χ0) is 16.5. The molecule has 1 amide bonds. The molecule has 0 aromatic carbocycles. The number of amides is 1. The normalized spacial score (nSPS) is 29.3. The summed E-state index contributed by atoms with van der Waals surface area (Å²) in [5.41, 5.74) is 0.927. The van der Waals surface area contributed by atoms with Crippen LogP contribution in [-0.2, 0) is 9.53 Å². The third kappa shape index (κ3) is 2.79. The Morgan fingerprint density at radius 2 is 2.33 bits per heavy atom.